The summed E-state index contributed by atoms with van der Waals surface area (Å²) in [5.74, 6) is -1.41. The number of anilines is 1. The van der Waals surface area contributed by atoms with Crippen LogP contribution in [0.15, 0.2) is 58.3 Å². The van der Waals surface area contributed by atoms with Gasteiger partial charge in [-0.2, -0.15) is 4.31 Å². The predicted octanol–water partition coefficient (Wildman–Crippen LogP) is 2.06. The Bertz CT molecular complexity index is 1140. The molecule has 1 aliphatic rings. The van der Waals surface area contributed by atoms with E-state index in [1.807, 2.05) is 12.3 Å². The van der Waals surface area contributed by atoms with Crippen LogP contribution in [0.4, 0.5) is 5.69 Å². The van der Waals surface area contributed by atoms with Gasteiger partial charge in [-0.25, -0.2) is 13.2 Å². The zero-order valence-corrected chi connectivity index (χ0v) is 19.9. The number of nitrogens with one attached hydrogen (secondary N) is 1. The molecule has 2 aromatic carbocycles. The van der Waals surface area contributed by atoms with E-state index in [-0.39, 0.29) is 29.5 Å². The zero-order valence-electron chi connectivity index (χ0n) is 18.3. The van der Waals surface area contributed by atoms with Crippen LogP contribution in [0.25, 0.3) is 0 Å². The van der Waals surface area contributed by atoms with Gasteiger partial charge >= 0.3 is 5.97 Å². The Labute approximate surface area is 197 Å². The second-order valence-electron chi connectivity index (χ2n) is 7.29. The van der Waals surface area contributed by atoms with Crippen molar-refractivity contribution in [2.45, 2.75) is 16.7 Å². The molecule has 1 N–H and O–H groups in total. The Balaban J connectivity index is 1.61. The molecular weight excluding hydrogens is 466 g/mol. The highest BCUT2D eigenvalue weighted by Crippen LogP contribution is 2.20. The van der Waals surface area contributed by atoms with E-state index in [4.69, 9.17) is 4.74 Å². The predicted molar refractivity (Wildman–Crippen MR) is 125 cm³/mol. The average molecular weight is 492 g/mol. The van der Waals surface area contributed by atoms with E-state index in [2.05, 4.69) is 5.32 Å². The number of nitrogens with zero attached hydrogens (tertiary/aromatic N) is 2. The number of hydrogen-bond donors (Lipinski definition) is 1. The van der Waals surface area contributed by atoms with Crippen LogP contribution in [0.3, 0.4) is 0 Å². The fraction of sp³-hybridized carbons (Fsp3) is 0.318. The van der Waals surface area contributed by atoms with Crippen molar-refractivity contribution in [2.24, 2.45) is 0 Å². The largest absolute Gasteiger partial charge is 0.452 e. The molecule has 2 amide bonds. The molecule has 9 nitrogen and oxygen atoms in total. The van der Waals surface area contributed by atoms with Gasteiger partial charge in [0.05, 0.1) is 10.5 Å². The molecule has 0 unspecified atom stereocenters. The van der Waals surface area contributed by atoms with E-state index < -0.39 is 28.5 Å². The van der Waals surface area contributed by atoms with E-state index in [0.717, 1.165) is 4.90 Å². The van der Waals surface area contributed by atoms with Gasteiger partial charge in [-0.05, 0) is 42.7 Å². The summed E-state index contributed by atoms with van der Waals surface area (Å²) >= 11 is 1.53. The quantitative estimate of drug-likeness (QED) is 0.466. The number of amides is 2. The van der Waals surface area contributed by atoms with E-state index in [0.29, 0.717) is 18.8 Å². The number of carbonyl (C=O) groups excluding carboxylic acids is 3. The van der Waals surface area contributed by atoms with Gasteiger partial charge in [-0.1, -0.05) is 12.1 Å². The van der Waals surface area contributed by atoms with Crippen molar-refractivity contribution in [1.82, 2.24) is 9.21 Å². The molecule has 1 saturated heterocycles. The summed E-state index contributed by atoms with van der Waals surface area (Å²) in [6.45, 7) is 1.91. The topological polar surface area (TPSA) is 113 Å². The summed E-state index contributed by atoms with van der Waals surface area (Å²) in [6.07, 6.45) is 1.92. The van der Waals surface area contributed by atoms with E-state index >= 15 is 0 Å². The maximum Gasteiger partial charge on any atom is 0.338 e. The van der Waals surface area contributed by atoms with Crippen LogP contribution >= 0.6 is 11.8 Å². The Morgan fingerprint density at radius 3 is 2.39 bits per heavy atom. The summed E-state index contributed by atoms with van der Waals surface area (Å²) in [6, 6.07) is 12.7. The van der Waals surface area contributed by atoms with Crippen molar-refractivity contribution < 1.29 is 27.5 Å². The van der Waals surface area contributed by atoms with Gasteiger partial charge in [-0.3, -0.25) is 9.59 Å². The van der Waals surface area contributed by atoms with Gasteiger partial charge in [0.1, 0.15) is 0 Å². The van der Waals surface area contributed by atoms with Crippen molar-refractivity contribution in [3.8, 4) is 0 Å². The number of rotatable bonds is 7. The van der Waals surface area contributed by atoms with Crippen LogP contribution in [0.1, 0.15) is 17.3 Å². The number of carbonyl (C=O) groups is 3. The standard InChI is InChI=1S/C22H25N3O6S2/c1-16(26)24-9-11-25(12-10-24)33(29,30)20-8-3-5-17(13-20)22(28)31-15-21(27)23-18-6-4-7-19(14-18)32-2/h3-8,13-14H,9-12,15H2,1-2H3,(H,23,27). The molecule has 1 fully saturated rings. The number of benzene rings is 2. The zero-order chi connectivity index (χ0) is 24.0. The lowest BCUT2D eigenvalue weighted by molar-refractivity contribution is -0.130. The molecule has 1 aliphatic heterocycles. The van der Waals surface area contributed by atoms with E-state index in [9.17, 15) is 22.8 Å². The third-order valence-corrected chi connectivity index (χ3v) is 7.70. The van der Waals surface area contributed by atoms with Gasteiger partial charge < -0.3 is 15.0 Å². The highest BCUT2D eigenvalue weighted by atomic mass is 32.2. The molecule has 176 valence electrons. The smallest absolute Gasteiger partial charge is 0.338 e. The second kappa shape index (κ2) is 10.8. The number of ether oxygens (including phenoxy) is 1. The van der Waals surface area contributed by atoms with Crippen molar-refractivity contribution in [3.63, 3.8) is 0 Å². The first kappa shape index (κ1) is 24.7. The van der Waals surface area contributed by atoms with Crippen LogP contribution in [0, 0.1) is 0 Å². The third-order valence-electron chi connectivity index (χ3n) is 5.08. The molecule has 0 atom stereocenters. The molecule has 0 radical (unpaired) electrons. The summed E-state index contributed by atoms with van der Waals surface area (Å²) in [5.41, 5.74) is 0.608. The summed E-state index contributed by atoms with van der Waals surface area (Å²) < 4.78 is 32.3. The van der Waals surface area contributed by atoms with Crippen LogP contribution in [-0.4, -0.2) is 74.4 Å². The first-order valence-corrected chi connectivity index (χ1v) is 12.8. The Kier molecular flexibility index (Phi) is 8.11. The SMILES string of the molecule is CSc1cccc(NC(=O)COC(=O)c2cccc(S(=O)(=O)N3CCN(C(C)=O)CC3)c2)c1. The number of piperazine rings is 1. The van der Waals surface area contributed by atoms with Crippen LogP contribution in [0.2, 0.25) is 0 Å². The second-order valence-corrected chi connectivity index (χ2v) is 10.1. The van der Waals surface area contributed by atoms with Crippen molar-refractivity contribution in [2.75, 3.05) is 44.4 Å². The number of hydrogen-bond acceptors (Lipinski definition) is 7. The molecule has 0 saturated carbocycles. The average Bonchev–Trinajstić information content (AvgIpc) is 2.82. The Morgan fingerprint density at radius 2 is 1.73 bits per heavy atom. The Morgan fingerprint density at radius 1 is 1.03 bits per heavy atom. The van der Waals surface area contributed by atoms with Crippen molar-refractivity contribution >= 4 is 45.3 Å². The lowest BCUT2D eigenvalue weighted by Crippen LogP contribution is -2.49. The number of esters is 1. The minimum atomic E-state index is -3.84. The molecule has 1 heterocycles. The fourth-order valence-electron chi connectivity index (χ4n) is 3.29. The van der Waals surface area contributed by atoms with Gasteiger partial charge in [0.2, 0.25) is 15.9 Å². The molecule has 3 rings (SSSR count). The minimum absolute atomic E-state index is 0.0237. The molecule has 11 heteroatoms. The number of thioether (sulfide) groups is 1. The lowest BCUT2D eigenvalue weighted by Gasteiger charge is -2.33. The van der Waals surface area contributed by atoms with Gasteiger partial charge in [-0.15, -0.1) is 11.8 Å². The molecule has 0 aromatic heterocycles. The highest BCUT2D eigenvalue weighted by molar-refractivity contribution is 7.98. The molecule has 2 aromatic rings. The maximum absolute atomic E-state index is 13.0. The van der Waals surface area contributed by atoms with E-state index in [1.54, 1.807) is 23.1 Å². The first-order chi connectivity index (χ1) is 15.7. The number of sulfonamides is 1. The summed E-state index contributed by atoms with van der Waals surface area (Å²) in [4.78, 5) is 38.5. The van der Waals surface area contributed by atoms with Crippen LogP contribution < -0.4 is 5.32 Å². The van der Waals surface area contributed by atoms with Gasteiger partial charge in [0.15, 0.2) is 6.61 Å². The maximum atomic E-state index is 13.0. The third kappa shape index (κ3) is 6.34. The first-order valence-electron chi connectivity index (χ1n) is 10.2. The monoisotopic (exact) mass is 491 g/mol. The molecule has 33 heavy (non-hydrogen) atoms. The molecule has 0 aliphatic carbocycles. The van der Waals surface area contributed by atoms with Crippen molar-refractivity contribution in [1.29, 1.82) is 0 Å². The fourth-order valence-corrected chi connectivity index (χ4v) is 5.22. The van der Waals surface area contributed by atoms with Gasteiger partial charge in [0, 0.05) is 43.7 Å². The lowest BCUT2D eigenvalue weighted by atomic mass is 10.2. The summed E-state index contributed by atoms with van der Waals surface area (Å²) in [5, 5.41) is 2.65. The van der Waals surface area contributed by atoms with Crippen LogP contribution in [-0.2, 0) is 24.3 Å². The van der Waals surface area contributed by atoms with Crippen LogP contribution in [0.5, 0.6) is 0 Å². The van der Waals surface area contributed by atoms with Crippen molar-refractivity contribution in [3.05, 3.63) is 54.1 Å². The highest BCUT2D eigenvalue weighted by Gasteiger charge is 2.29. The molecule has 0 spiro atoms. The normalized spacial score (nSPS) is 14.5. The molecule has 0 bridgehead atoms. The minimum Gasteiger partial charge on any atom is -0.452 e. The summed E-state index contributed by atoms with van der Waals surface area (Å²) in [7, 11) is -3.84. The Hall–Kier alpha value is -2.89. The van der Waals surface area contributed by atoms with Gasteiger partial charge in [0.25, 0.3) is 5.91 Å². The molecular formula is C22H25N3O6S2. The van der Waals surface area contributed by atoms with E-state index in [1.165, 1.54) is 47.3 Å².